The fourth-order valence-corrected chi connectivity index (χ4v) is 2.26. The lowest BCUT2D eigenvalue weighted by molar-refractivity contribution is -0.121. The van der Waals surface area contributed by atoms with Crippen molar-refractivity contribution in [3.63, 3.8) is 0 Å². The fourth-order valence-electron chi connectivity index (χ4n) is 0.778. The number of aromatic nitrogens is 2. The van der Waals surface area contributed by atoms with Crippen LogP contribution in [0.1, 0.15) is 18.9 Å². The molecule has 2 N–H and O–H groups in total. The van der Waals surface area contributed by atoms with Crippen molar-refractivity contribution in [2.45, 2.75) is 24.6 Å². The highest BCUT2D eigenvalue weighted by Gasteiger charge is 2.17. The van der Waals surface area contributed by atoms with Gasteiger partial charge in [-0.1, -0.05) is 25.2 Å². The third-order valence-electron chi connectivity index (χ3n) is 1.66. The normalized spacial score (nSPS) is 12.0. The maximum Gasteiger partial charge on any atom is 0.267 e. The summed E-state index contributed by atoms with van der Waals surface area (Å²) in [5.74, 6) is -0.112. The number of carbonyl (C=O) groups excluding carboxylic acids is 1. The van der Waals surface area contributed by atoms with E-state index in [1.165, 1.54) is 0 Å². The molecule has 0 amide bonds. The minimum atomic E-state index is -3.80. The summed E-state index contributed by atoms with van der Waals surface area (Å²) in [6.07, 6.45) is 0.102. The highest BCUT2D eigenvalue weighted by atomic mass is 32.2. The SMILES string of the molecule is CC(C)C(=O)Cc1nnc(S(N)(=O)=O)s1. The van der Waals surface area contributed by atoms with Gasteiger partial charge in [0.25, 0.3) is 10.0 Å². The van der Waals surface area contributed by atoms with Crippen LogP contribution < -0.4 is 5.14 Å². The average Bonchev–Trinajstić information content (AvgIpc) is 2.51. The van der Waals surface area contributed by atoms with Gasteiger partial charge >= 0.3 is 0 Å². The van der Waals surface area contributed by atoms with Gasteiger partial charge in [-0.25, -0.2) is 13.6 Å². The highest BCUT2D eigenvalue weighted by Crippen LogP contribution is 2.15. The van der Waals surface area contributed by atoms with Crippen LogP contribution in [0.25, 0.3) is 0 Å². The maximum atomic E-state index is 11.3. The molecule has 1 aromatic rings. The predicted molar refractivity (Wildman–Crippen MR) is 54.8 cm³/mol. The number of sulfonamides is 1. The van der Waals surface area contributed by atoms with Crippen LogP contribution in [0.2, 0.25) is 0 Å². The topological polar surface area (TPSA) is 103 Å². The number of hydrogen-bond donors (Lipinski definition) is 1. The van der Waals surface area contributed by atoms with E-state index in [-0.39, 0.29) is 22.5 Å². The van der Waals surface area contributed by atoms with E-state index in [4.69, 9.17) is 5.14 Å². The second-order valence-electron chi connectivity index (χ2n) is 3.30. The molecule has 0 saturated carbocycles. The van der Waals surface area contributed by atoms with E-state index in [1.807, 2.05) is 0 Å². The number of ketones is 1. The Morgan fingerprint density at radius 2 is 2.07 bits per heavy atom. The lowest BCUT2D eigenvalue weighted by Crippen LogP contribution is -2.11. The zero-order chi connectivity index (χ0) is 11.6. The first-order valence-corrected chi connectivity index (χ1v) is 6.55. The second-order valence-corrected chi connectivity index (χ2v) is 6.10. The summed E-state index contributed by atoms with van der Waals surface area (Å²) in [6.45, 7) is 3.54. The third kappa shape index (κ3) is 3.33. The molecule has 0 saturated heterocycles. The maximum absolute atomic E-state index is 11.3. The van der Waals surface area contributed by atoms with Crippen molar-refractivity contribution in [3.8, 4) is 0 Å². The Bertz CT molecular complexity index is 464. The van der Waals surface area contributed by atoms with Crippen molar-refractivity contribution in [1.29, 1.82) is 0 Å². The first kappa shape index (κ1) is 12.2. The molecule has 0 aliphatic heterocycles. The summed E-state index contributed by atoms with van der Waals surface area (Å²) in [6, 6.07) is 0. The van der Waals surface area contributed by atoms with E-state index in [1.54, 1.807) is 13.8 Å². The Labute approximate surface area is 91.6 Å². The number of hydrogen-bond acceptors (Lipinski definition) is 6. The summed E-state index contributed by atoms with van der Waals surface area (Å²) in [5, 5.41) is 12.2. The number of nitrogens with zero attached hydrogens (tertiary/aromatic N) is 2. The van der Waals surface area contributed by atoms with Gasteiger partial charge in [0.05, 0.1) is 6.42 Å². The number of primary sulfonamides is 1. The lowest BCUT2D eigenvalue weighted by Gasteiger charge is -1.99. The van der Waals surface area contributed by atoms with Crippen LogP contribution in [0.3, 0.4) is 0 Å². The van der Waals surface area contributed by atoms with Crippen molar-refractivity contribution in [2.24, 2.45) is 11.1 Å². The van der Waals surface area contributed by atoms with Crippen LogP contribution in [-0.4, -0.2) is 24.4 Å². The summed E-state index contributed by atoms with van der Waals surface area (Å²) in [5.41, 5.74) is 0. The molecule has 8 heteroatoms. The van der Waals surface area contributed by atoms with E-state index in [9.17, 15) is 13.2 Å². The Balaban J connectivity index is 2.83. The zero-order valence-electron chi connectivity index (χ0n) is 8.30. The van der Waals surface area contributed by atoms with Crippen molar-refractivity contribution < 1.29 is 13.2 Å². The monoisotopic (exact) mass is 249 g/mol. The smallest absolute Gasteiger partial charge is 0.267 e. The van der Waals surface area contributed by atoms with Crippen LogP contribution in [0, 0.1) is 5.92 Å². The van der Waals surface area contributed by atoms with E-state index in [2.05, 4.69) is 10.2 Å². The van der Waals surface area contributed by atoms with Gasteiger partial charge in [-0.05, 0) is 0 Å². The van der Waals surface area contributed by atoms with Gasteiger partial charge in [-0.15, -0.1) is 10.2 Å². The van der Waals surface area contributed by atoms with Gasteiger partial charge in [-0.2, -0.15) is 0 Å². The van der Waals surface area contributed by atoms with Crippen molar-refractivity contribution in [2.75, 3.05) is 0 Å². The van der Waals surface area contributed by atoms with Gasteiger partial charge in [0.2, 0.25) is 4.34 Å². The molecule has 0 aromatic carbocycles. The molecule has 0 atom stereocenters. The van der Waals surface area contributed by atoms with E-state index in [0.29, 0.717) is 5.01 Å². The molecule has 0 unspecified atom stereocenters. The zero-order valence-corrected chi connectivity index (χ0v) is 9.93. The van der Waals surface area contributed by atoms with Gasteiger partial charge in [0.1, 0.15) is 10.8 Å². The van der Waals surface area contributed by atoms with E-state index >= 15 is 0 Å². The summed E-state index contributed by atoms with van der Waals surface area (Å²) >= 11 is 0.830. The molecule has 0 fully saturated rings. The summed E-state index contributed by atoms with van der Waals surface area (Å²) in [7, 11) is -3.80. The Morgan fingerprint density at radius 1 is 1.47 bits per heavy atom. The molecular weight excluding hydrogens is 238 g/mol. The molecule has 0 bridgehead atoms. The fraction of sp³-hybridized carbons (Fsp3) is 0.571. The number of carbonyl (C=O) groups is 1. The standard InChI is InChI=1S/C7H11N3O3S2/c1-4(2)5(11)3-6-9-10-7(14-6)15(8,12)13/h4H,3H2,1-2H3,(H2,8,12,13). The molecule has 0 aliphatic rings. The van der Waals surface area contributed by atoms with Gasteiger partial charge in [-0.3, -0.25) is 4.79 Å². The highest BCUT2D eigenvalue weighted by molar-refractivity contribution is 7.91. The molecule has 0 radical (unpaired) electrons. The molecule has 84 valence electrons. The van der Waals surface area contributed by atoms with Crippen LogP contribution in [0.4, 0.5) is 0 Å². The summed E-state index contributed by atoms with van der Waals surface area (Å²) < 4.78 is 21.5. The Kier molecular flexibility index (Phi) is 3.53. The largest absolute Gasteiger partial charge is 0.299 e. The molecular formula is C7H11N3O3S2. The number of rotatable bonds is 4. The molecule has 15 heavy (non-hydrogen) atoms. The van der Waals surface area contributed by atoms with Crippen LogP contribution in [0.5, 0.6) is 0 Å². The predicted octanol–water partition coefficient (Wildman–Crippen LogP) is -0.0469. The quantitative estimate of drug-likeness (QED) is 0.806. The second kappa shape index (κ2) is 4.33. The Morgan fingerprint density at radius 3 is 2.47 bits per heavy atom. The molecule has 1 rings (SSSR count). The van der Waals surface area contributed by atoms with Gasteiger partial charge in [0.15, 0.2) is 0 Å². The van der Waals surface area contributed by atoms with E-state index in [0.717, 1.165) is 11.3 Å². The lowest BCUT2D eigenvalue weighted by atomic mass is 10.1. The van der Waals surface area contributed by atoms with Gasteiger partial charge in [0, 0.05) is 5.92 Å². The number of nitrogens with two attached hydrogens (primary N) is 1. The van der Waals surface area contributed by atoms with Crippen molar-refractivity contribution in [3.05, 3.63) is 5.01 Å². The number of Topliss-reactive ketones (excluding diaryl/α,β-unsaturated/α-hetero) is 1. The van der Waals surface area contributed by atoms with Crippen molar-refractivity contribution >= 4 is 27.1 Å². The van der Waals surface area contributed by atoms with E-state index < -0.39 is 10.0 Å². The van der Waals surface area contributed by atoms with Gasteiger partial charge < -0.3 is 0 Å². The summed E-state index contributed by atoms with van der Waals surface area (Å²) in [4.78, 5) is 11.3. The van der Waals surface area contributed by atoms with Crippen LogP contribution in [-0.2, 0) is 21.2 Å². The molecule has 0 aliphatic carbocycles. The molecule has 0 spiro atoms. The van der Waals surface area contributed by atoms with Crippen LogP contribution in [0.15, 0.2) is 4.34 Å². The first-order valence-electron chi connectivity index (χ1n) is 4.18. The average molecular weight is 249 g/mol. The molecule has 6 nitrogen and oxygen atoms in total. The van der Waals surface area contributed by atoms with Crippen LogP contribution >= 0.6 is 11.3 Å². The third-order valence-corrected chi connectivity index (χ3v) is 3.89. The minimum absolute atomic E-state index is 0.00730. The molecule has 1 heterocycles. The Hall–Kier alpha value is -0.860. The molecule has 1 aromatic heterocycles. The minimum Gasteiger partial charge on any atom is -0.299 e. The first-order chi connectivity index (χ1) is 6.80. The van der Waals surface area contributed by atoms with Crippen molar-refractivity contribution in [1.82, 2.24) is 10.2 Å².